The number of allylic oxidation sites excluding steroid dienone is 1. The third kappa shape index (κ3) is 3.22. The number of aryl methyl sites for hydroxylation is 1. The average molecular weight is 244 g/mol. The molecule has 1 saturated carbocycles. The number of carbonyl (C=O) groups excluding carboxylic acids is 1. The normalized spacial score (nSPS) is 21.4. The Bertz CT molecular complexity index is 445. The molecule has 1 fully saturated rings. The second-order valence-electron chi connectivity index (χ2n) is 5.20. The van der Waals surface area contributed by atoms with Gasteiger partial charge in [-0.15, -0.1) is 0 Å². The van der Waals surface area contributed by atoms with Gasteiger partial charge in [0, 0.05) is 5.92 Å². The molecule has 2 nitrogen and oxygen atoms in total. The third-order valence-corrected chi connectivity index (χ3v) is 3.46. The largest absolute Gasteiger partial charge is 0.494 e. The summed E-state index contributed by atoms with van der Waals surface area (Å²) in [5.41, 5.74) is 1.92. The first-order valence-corrected chi connectivity index (χ1v) is 6.47. The maximum atomic E-state index is 11.6. The Hall–Kier alpha value is -1.57. The van der Waals surface area contributed by atoms with Crippen LogP contribution < -0.4 is 4.74 Å². The van der Waals surface area contributed by atoms with Crippen molar-refractivity contribution in [2.24, 2.45) is 11.8 Å². The van der Waals surface area contributed by atoms with Crippen molar-refractivity contribution < 1.29 is 9.53 Å². The standard InChI is InChI=1S/C16H20O2/c1-11(2)16(17)15-10-13(15)8-9-18-14-6-4-12(3)5-7-14/h4-7,13,15H,1,8-10H2,2-3H3. The molecule has 1 aromatic carbocycles. The van der Waals surface area contributed by atoms with Gasteiger partial charge in [0.25, 0.3) is 0 Å². The van der Waals surface area contributed by atoms with E-state index in [2.05, 4.69) is 13.5 Å². The van der Waals surface area contributed by atoms with Gasteiger partial charge in [-0.25, -0.2) is 0 Å². The second kappa shape index (κ2) is 5.38. The molecule has 2 atom stereocenters. The fourth-order valence-corrected chi connectivity index (χ4v) is 2.17. The van der Waals surface area contributed by atoms with E-state index >= 15 is 0 Å². The van der Waals surface area contributed by atoms with Gasteiger partial charge in [-0.2, -0.15) is 0 Å². The molecular formula is C16H20O2. The molecule has 0 radical (unpaired) electrons. The highest BCUT2D eigenvalue weighted by molar-refractivity contribution is 5.97. The predicted octanol–water partition coefficient (Wildman–Crippen LogP) is 3.55. The lowest BCUT2D eigenvalue weighted by molar-refractivity contribution is -0.116. The summed E-state index contributed by atoms with van der Waals surface area (Å²) in [6, 6.07) is 8.05. The molecule has 2 unspecified atom stereocenters. The van der Waals surface area contributed by atoms with E-state index in [1.165, 1.54) is 5.56 Å². The summed E-state index contributed by atoms with van der Waals surface area (Å²) in [7, 11) is 0. The van der Waals surface area contributed by atoms with E-state index in [0.29, 0.717) is 18.1 Å². The zero-order valence-corrected chi connectivity index (χ0v) is 11.1. The van der Waals surface area contributed by atoms with Crippen molar-refractivity contribution in [3.8, 4) is 5.75 Å². The van der Waals surface area contributed by atoms with Crippen LogP contribution in [-0.2, 0) is 4.79 Å². The molecule has 2 heteroatoms. The SMILES string of the molecule is C=C(C)C(=O)C1CC1CCOc1ccc(C)cc1. The van der Waals surface area contributed by atoms with Gasteiger partial charge in [-0.1, -0.05) is 24.3 Å². The molecule has 1 aliphatic rings. The van der Waals surface area contributed by atoms with Crippen molar-refractivity contribution in [3.63, 3.8) is 0 Å². The molecular weight excluding hydrogens is 224 g/mol. The molecule has 0 saturated heterocycles. The molecule has 0 amide bonds. The fraction of sp³-hybridized carbons (Fsp3) is 0.438. The minimum Gasteiger partial charge on any atom is -0.494 e. The van der Waals surface area contributed by atoms with Crippen molar-refractivity contribution >= 4 is 5.78 Å². The van der Waals surface area contributed by atoms with Gasteiger partial charge in [-0.05, 0) is 50.3 Å². The van der Waals surface area contributed by atoms with Crippen LogP contribution in [0.4, 0.5) is 0 Å². The summed E-state index contributed by atoms with van der Waals surface area (Å²) >= 11 is 0. The van der Waals surface area contributed by atoms with Crippen molar-refractivity contribution in [1.29, 1.82) is 0 Å². The lowest BCUT2D eigenvalue weighted by Gasteiger charge is -2.06. The van der Waals surface area contributed by atoms with E-state index < -0.39 is 0 Å². The van der Waals surface area contributed by atoms with Gasteiger partial charge in [-0.3, -0.25) is 4.79 Å². The first-order chi connectivity index (χ1) is 8.58. The quantitative estimate of drug-likeness (QED) is 0.715. The molecule has 96 valence electrons. The Labute approximate surface area is 109 Å². The van der Waals surface area contributed by atoms with E-state index in [4.69, 9.17) is 4.74 Å². The molecule has 1 aromatic rings. The number of Topliss-reactive ketones (excluding diaryl/α,β-unsaturated/α-hetero) is 1. The molecule has 0 spiro atoms. The van der Waals surface area contributed by atoms with E-state index in [1.807, 2.05) is 24.3 Å². The molecule has 18 heavy (non-hydrogen) atoms. The van der Waals surface area contributed by atoms with Gasteiger partial charge < -0.3 is 4.74 Å². The van der Waals surface area contributed by atoms with Crippen molar-refractivity contribution in [2.75, 3.05) is 6.61 Å². The summed E-state index contributed by atoms with van der Waals surface area (Å²) in [5.74, 6) is 1.85. The van der Waals surface area contributed by atoms with Gasteiger partial charge in [0.05, 0.1) is 6.61 Å². The smallest absolute Gasteiger partial charge is 0.161 e. The van der Waals surface area contributed by atoms with Crippen LogP contribution in [0.3, 0.4) is 0 Å². The first kappa shape index (κ1) is 12.9. The third-order valence-electron chi connectivity index (χ3n) is 3.46. The van der Waals surface area contributed by atoms with Crippen LogP contribution in [0.5, 0.6) is 5.75 Å². The predicted molar refractivity (Wildman–Crippen MR) is 72.7 cm³/mol. The number of ether oxygens (including phenoxy) is 1. The molecule has 2 rings (SSSR count). The van der Waals surface area contributed by atoms with Gasteiger partial charge in [0.15, 0.2) is 5.78 Å². The highest BCUT2D eigenvalue weighted by Gasteiger charge is 2.42. The number of hydrogen-bond donors (Lipinski definition) is 0. The van der Waals surface area contributed by atoms with Crippen molar-refractivity contribution in [1.82, 2.24) is 0 Å². The molecule has 0 heterocycles. The molecule has 0 N–H and O–H groups in total. The van der Waals surface area contributed by atoms with Crippen LogP contribution in [0.15, 0.2) is 36.4 Å². The fourth-order valence-electron chi connectivity index (χ4n) is 2.17. The number of benzene rings is 1. The van der Waals surface area contributed by atoms with Crippen LogP contribution >= 0.6 is 0 Å². The molecule has 1 aliphatic carbocycles. The maximum absolute atomic E-state index is 11.6. The number of carbonyl (C=O) groups is 1. The van der Waals surface area contributed by atoms with Crippen molar-refractivity contribution in [3.05, 3.63) is 42.0 Å². The second-order valence-corrected chi connectivity index (χ2v) is 5.20. The Morgan fingerprint density at radius 2 is 2.06 bits per heavy atom. The molecule has 0 aliphatic heterocycles. The first-order valence-electron chi connectivity index (χ1n) is 6.47. The Balaban J connectivity index is 1.70. The maximum Gasteiger partial charge on any atom is 0.161 e. The summed E-state index contributed by atoms with van der Waals surface area (Å²) in [4.78, 5) is 11.6. The topological polar surface area (TPSA) is 26.3 Å². The minimum absolute atomic E-state index is 0.212. The van der Waals surface area contributed by atoms with E-state index in [9.17, 15) is 4.79 Å². The van der Waals surface area contributed by atoms with Crippen LogP contribution in [0, 0.1) is 18.8 Å². The molecule has 0 bridgehead atoms. The number of hydrogen-bond acceptors (Lipinski definition) is 2. The highest BCUT2D eigenvalue weighted by Crippen LogP contribution is 2.43. The zero-order chi connectivity index (χ0) is 13.1. The van der Waals surface area contributed by atoms with Crippen LogP contribution in [0.1, 0.15) is 25.3 Å². The monoisotopic (exact) mass is 244 g/mol. The Morgan fingerprint density at radius 3 is 2.67 bits per heavy atom. The van der Waals surface area contributed by atoms with E-state index in [0.717, 1.165) is 18.6 Å². The van der Waals surface area contributed by atoms with Crippen LogP contribution in [-0.4, -0.2) is 12.4 Å². The van der Waals surface area contributed by atoms with Crippen LogP contribution in [0.25, 0.3) is 0 Å². The van der Waals surface area contributed by atoms with Gasteiger partial charge >= 0.3 is 0 Å². The zero-order valence-electron chi connectivity index (χ0n) is 11.1. The van der Waals surface area contributed by atoms with E-state index in [1.54, 1.807) is 6.92 Å². The van der Waals surface area contributed by atoms with Crippen molar-refractivity contribution in [2.45, 2.75) is 26.7 Å². The Kier molecular flexibility index (Phi) is 3.85. The summed E-state index contributed by atoms with van der Waals surface area (Å²) in [6.07, 6.45) is 1.96. The van der Waals surface area contributed by atoms with Gasteiger partial charge in [0.1, 0.15) is 5.75 Å². The highest BCUT2D eigenvalue weighted by atomic mass is 16.5. The minimum atomic E-state index is 0.212. The number of ketones is 1. The average Bonchev–Trinajstić information content (AvgIpc) is 3.10. The van der Waals surface area contributed by atoms with Gasteiger partial charge in [0.2, 0.25) is 0 Å². The lowest BCUT2D eigenvalue weighted by atomic mass is 10.1. The molecule has 0 aromatic heterocycles. The lowest BCUT2D eigenvalue weighted by Crippen LogP contribution is -2.05. The summed E-state index contributed by atoms with van der Waals surface area (Å²) < 4.78 is 5.67. The Morgan fingerprint density at radius 1 is 1.39 bits per heavy atom. The van der Waals surface area contributed by atoms with E-state index in [-0.39, 0.29) is 11.7 Å². The number of rotatable bonds is 6. The summed E-state index contributed by atoms with van der Waals surface area (Å²) in [5, 5.41) is 0. The summed E-state index contributed by atoms with van der Waals surface area (Å²) in [6.45, 7) is 8.24. The van der Waals surface area contributed by atoms with Crippen LogP contribution in [0.2, 0.25) is 0 Å².